The van der Waals surface area contributed by atoms with Crippen LogP contribution in [0.5, 0.6) is 5.75 Å². The number of nitrogens with zero attached hydrogens (tertiary/aromatic N) is 1. The van der Waals surface area contributed by atoms with Crippen molar-refractivity contribution < 1.29 is 9.15 Å². The van der Waals surface area contributed by atoms with Crippen molar-refractivity contribution in [3.8, 4) is 5.75 Å². The third-order valence-electron chi connectivity index (χ3n) is 5.55. The van der Waals surface area contributed by atoms with Crippen LogP contribution < -0.4 is 4.74 Å². The molecule has 2 heterocycles. The van der Waals surface area contributed by atoms with Gasteiger partial charge in [-0.15, -0.1) is 0 Å². The Balaban J connectivity index is 1.40. The summed E-state index contributed by atoms with van der Waals surface area (Å²) in [6.45, 7) is 3.62. The van der Waals surface area contributed by atoms with E-state index in [0.29, 0.717) is 5.92 Å². The van der Waals surface area contributed by atoms with Gasteiger partial charge in [0.2, 0.25) is 0 Å². The van der Waals surface area contributed by atoms with Gasteiger partial charge in [-0.2, -0.15) is 0 Å². The summed E-state index contributed by atoms with van der Waals surface area (Å²) in [7, 11) is 1.79. The molecular weight excluding hydrogens is 286 g/mol. The van der Waals surface area contributed by atoms with Gasteiger partial charge in [0, 0.05) is 25.4 Å². The zero-order chi connectivity index (χ0) is 15.6. The summed E-state index contributed by atoms with van der Waals surface area (Å²) >= 11 is 0. The molecule has 2 aromatic rings. The van der Waals surface area contributed by atoms with Gasteiger partial charge >= 0.3 is 0 Å². The fraction of sp³-hybridized carbons (Fsp3) is 0.500. The average molecular weight is 311 g/mol. The number of furan rings is 1. The molecule has 1 fully saturated rings. The Kier molecular flexibility index (Phi) is 4.13. The predicted molar refractivity (Wildman–Crippen MR) is 91.0 cm³/mol. The van der Waals surface area contributed by atoms with Crippen molar-refractivity contribution in [1.29, 1.82) is 0 Å². The largest absolute Gasteiger partial charge is 0.496 e. The highest BCUT2D eigenvalue weighted by atomic mass is 16.5. The Morgan fingerprint density at radius 3 is 3.00 bits per heavy atom. The number of hydrogen-bond acceptors (Lipinski definition) is 3. The SMILES string of the molecule is COc1cccc2c1CC[C@H]1CN(CCCc3ccco3)C[C@@H]21. The first kappa shape index (κ1) is 14.8. The minimum Gasteiger partial charge on any atom is -0.496 e. The number of hydrogen-bond donors (Lipinski definition) is 0. The average Bonchev–Trinajstić information content (AvgIpc) is 3.23. The molecule has 1 aliphatic heterocycles. The zero-order valence-electron chi connectivity index (χ0n) is 13.8. The maximum atomic E-state index is 5.57. The summed E-state index contributed by atoms with van der Waals surface area (Å²) < 4.78 is 11.0. The molecule has 0 amide bonds. The summed E-state index contributed by atoms with van der Waals surface area (Å²) in [6, 6.07) is 10.6. The molecule has 0 bridgehead atoms. The number of benzene rings is 1. The van der Waals surface area contributed by atoms with Crippen LogP contribution in [0.2, 0.25) is 0 Å². The number of aryl methyl sites for hydroxylation is 1. The molecule has 0 spiro atoms. The van der Waals surface area contributed by atoms with Crippen molar-refractivity contribution in [2.75, 3.05) is 26.7 Å². The van der Waals surface area contributed by atoms with Gasteiger partial charge in [0.25, 0.3) is 0 Å². The second kappa shape index (κ2) is 6.40. The predicted octanol–water partition coefficient (Wildman–Crippen LogP) is 3.88. The minimum atomic E-state index is 0.692. The first-order chi connectivity index (χ1) is 11.3. The molecular formula is C20H25NO2. The molecule has 122 valence electrons. The molecule has 1 aromatic carbocycles. The topological polar surface area (TPSA) is 25.6 Å². The van der Waals surface area contributed by atoms with Crippen LogP contribution in [0.1, 0.15) is 35.6 Å². The lowest BCUT2D eigenvalue weighted by Crippen LogP contribution is -2.22. The van der Waals surface area contributed by atoms with E-state index in [4.69, 9.17) is 9.15 Å². The molecule has 0 unspecified atom stereocenters. The van der Waals surface area contributed by atoms with Crippen LogP contribution in [-0.4, -0.2) is 31.6 Å². The minimum absolute atomic E-state index is 0.692. The molecule has 0 radical (unpaired) electrons. The normalized spacial score (nSPS) is 23.5. The van der Waals surface area contributed by atoms with Crippen molar-refractivity contribution in [3.05, 3.63) is 53.5 Å². The van der Waals surface area contributed by atoms with E-state index in [1.165, 1.54) is 50.0 Å². The molecule has 23 heavy (non-hydrogen) atoms. The summed E-state index contributed by atoms with van der Waals surface area (Å²) in [5, 5.41) is 0. The maximum absolute atomic E-state index is 5.57. The Morgan fingerprint density at radius 2 is 2.17 bits per heavy atom. The molecule has 2 atom stereocenters. The lowest BCUT2D eigenvalue weighted by atomic mass is 9.77. The van der Waals surface area contributed by atoms with Crippen LogP contribution in [0.25, 0.3) is 0 Å². The lowest BCUT2D eigenvalue weighted by Gasteiger charge is -2.28. The van der Waals surface area contributed by atoms with Crippen LogP contribution in [0.15, 0.2) is 41.0 Å². The van der Waals surface area contributed by atoms with Crippen LogP contribution in [0.4, 0.5) is 0 Å². The van der Waals surface area contributed by atoms with Gasteiger partial charge < -0.3 is 14.1 Å². The van der Waals surface area contributed by atoms with Gasteiger partial charge in [-0.3, -0.25) is 0 Å². The quantitative estimate of drug-likeness (QED) is 0.838. The van der Waals surface area contributed by atoms with E-state index < -0.39 is 0 Å². The zero-order valence-corrected chi connectivity index (χ0v) is 13.8. The van der Waals surface area contributed by atoms with E-state index in [1.54, 1.807) is 13.4 Å². The van der Waals surface area contributed by atoms with E-state index in [2.05, 4.69) is 29.2 Å². The van der Waals surface area contributed by atoms with Gasteiger partial charge in [-0.25, -0.2) is 0 Å². The van der Waals surface area contributed by atoms with Gasteiger partial charge in [0.1, 0.15) is 11.5 Å². The van der Waals surface area contributed by atoms with Crippen LogP contribution in [0, 0.1) is 5.92 Å². The molecule has 2 aliphatic rings. The van der Waals surface area contributed by atoms with E-state index in [0.717, 1.165) is 23.8 Å². The highest BCUT2D eigenvalue weighted by Gasteiger charge is 2.37. The first-order valence-corrected chi connectivity index (χ1v) is 8.75. The smallest absolute Gasteiger partial charge is 0.122 e. The van der Waals surface area contributed by atoms with Crippen molar-refractivity contribution in [1.82, 2.24) is 4.90 Å². The van der Waals surface area contributed by atoms with E-state index in [9.17, 15) is 0 Å². The summed E-state index contributed by atoms with van der Waals surface area (Å²) in [5.41, 5.74) is 2.99. The van der Waals surface area contributed by atoms with Crippen LogP contribution in [0.3, 0.4) is 0 Å². The van der Waals surface area contributed by atoms with E-state index in [1.807, 2.05) is 6.07 Å². The van der Waals surface area contributed by atoms with Crippen molar-refractivity contribution in [2.45, 2.75) is 31.6 Å². The molecule has 1 aromatic heterocycles. The Morgan fingerprint density at radius 1 is 1.22 bits per heavy atom. The fourth-order valence-corrected chi connectivity index (χ4v) is 4.44. The molecule has 0 N–H and O–H groups in total. The number of likely N-dealkylation sites (tertiary alicyclic amines) is 1. The standard InChI is InChI=1S/C20H25NO2/c1-22-20-8-2-7-17-18(20)10-9-15-13-21(14-19(15)17)11-3-5-16-6-4-12-23-16/h2,4,6-8,12,15,19H,3,5,9-11,13-14H2,1H3/t15-,19+/m0/s1. The summed E-state index contributed by atoms with van der Waals surface area (Å²) in [6.07, 6.45) is 6.46. The van der Waals surface area contributed by atoms with Gasteiger partial charge in [-0.1, -0.05) is 12.1 Å². The molecule has 0 saturated carbocycles. The molecule has 3 nitrogen and oxygen atoms in total. The number of methoxy groups -OCH3 is 1. The summed E-state index contributed by atoms with van der Waals surface area (Å²) in [5.74, 6) is 3.70. The second-order valence-corrected chi connectivity index (χ2v) is 6.88. The molecule has 3 heteroatoms. The van der Waals surface area contributed by atoms with Crippen LogP contribution in [-0.2, 0) is 12.8 Å². The number of rotatable bonds is 5. The van der Waals surface area contributed by atoms with E-state index in [-0.39, 0.29) is 0 Å². The first-order valence-electron chi connectivity index (χ1n) is 8.75. The summed E-state index contributed by atoms with van der Waals surface area (Å²) in [4.78, 5) is 2.65. The Bertz CT molecular complexity index is 650. The van der Waals surface area contributed by atoms with Crippen molar-refractivity contribution >= 4 is 0 Å². The molecule has 1 saturated heterocycles. The van der Waals surface area contributed by atoms with E-state index >= 15 is 0 Å². The highest BCUT2D eigenvalue weighted by Crippen LogP contribution is 2.44. The van der Waals surface area contributed by atoms with Gasteiger partial charge in [-0.05, 0) is 61.1 Å². The Hall–Kier alpha value is -1.74. The van der Waals surface area contributed by atoms with Gasteiger partial charge in [0.15, 0.2) is 0 Å². The molecule has 4 rings (SSSR count). The van der Waals surface area contributed by atoms with Crippen LogP contribution >= 0.6 is 0 Å². The third kappa shape index (κ3) is 2.90. The maximum Gasteiger partial charge on any atom is 0.122 e. The molecule has 1 aliphatic carbocycles. The number of fused-ring (bicyclic) bond motifs is 3. The second-order valence-electron chi connectivity index (χ2n) is 6.88. The lowest BCUT2D eigenvalue weighted by molar-refractivity contribution is 0.313. The highest BCUT2D eigenvalue weighted by molar-refractivity contribution is 5.44. The fourth-order valence-electron chi connectivity index (χ4n) is 4.44. The third-order valence-corrected chi connectivity index (χ3v) is 5.55. The monoisotopic (exact) mass is 311 g/mol. The van der Waals surface area contributed by atoms with Crippen molar-refractivity contribution in [2.24, 2.45) is 5.92 Å². The van der Waals surface area contributed by atoms with Crippen molar-refractivity contribution in [3.63, 3.8) is 0 Å². The number of ether oxygens (including phenoxy) is 1. The Labute approximate surface area is 138 Å². The van der Waals surface area contributed by atoms with Gasteiger partial charge in [0.05, 0.1) is 13.4 Å².